The van der Waals surface area contributed by atoms with E-state index >= 15 is 0 Å². The summed E-state index contributed by atoms with van der Waals surface area (Å²) in [5, 5.41) is 21.1. The fourth-order valence-electron chi connectivity index (χ4n) is 4.48. The Kier molecular flexibility index (Phi) is 6.41. The third-order valence-electron chi connectivity index (χ3n) is 6.29. The van der Waals surface area contributed by atoms with Gasteiger partial charge in [0, 0.05) is 17.0 Å². The van der Waals surface area contributed by atoms with Crippen molar-refractivity contribution in [1.29, 1.82) is 0 Å². The maximum atomic E-state index is 13.8. The predicted octanol–water partition coefficient (Wildman–Crippen LogP) is 6.09. The predicted molar refractivity (Wildman–Crippen MR) is 132 cm³/mol. The van der Waals surface area contributed by atoms with Crippen molar-refractivity contribution >= 4 is 38.5 Å². The summed E-state index contributed by atoms with van der Waals surface area (Å²) in [5.41, 5.74) is -0.0716. The van der Waals surface area contributed by atoms with E-state index in [0.29, 0.717) is 5.56 Å². The normalized spacial score (nSPS) is 15.0. The van der Waals surface area contributed by atoms with Gasteiger partial charge in [0.15, 0.2) is 0 Å². The summed E-state index contributed by atoms with van der Waals surface area (Å²) >= 11 is 6.46. The van der Waals surface area contributed by atoms with Crippen LogP contribution in [0, 0.1) is 0 Å². The molecule has 38 heavy (non-hydrogen) atoms. The SMILES string of the molecule is O=C(O)c1ccc(C2CC2)c(C(O)c2cc3ccc(OC(F)(F)F)cc3n2S(=O)(=O)c2ccccc2)c1Cl. The van der Waals surface area contributed by atoms with Crippen molar-refractivity contribution in [1.82, 2.24) is 3.97 Å². The van der Waals surface area contributed by atoms with Crippen LogP contribution in [0.5, 0.6) is 5.75 Å². The molecular formula is C26H19ClF3NO6S. The lowest BCUT2D eigenvalue weighted by atomic mass is 9.94. The van der Waals surface area contributed by atoms with Crippen molar-refractivity contribution in [3.05, 3.63) is 94.1 Å². The highest BCUT2D eigenvalue weighted by Crippen LogP contribution is 2.47. The number of aliphatic hydroxyl groups is 1. The lowest BCUT2D eigenvalue weighted by Gasteiger charge is -2.21. The van der Waals surface area contributed by atoms with Crippen LogP contribution in [0.2, 0.25) is 5.02 Å². The van der Waals surface area contributed by atoms with Crippen LogP contribution in [-0.4, -0.2) is 34.9 Å². The van der Waals surface area contributed by atoms with E-state index in [-0.39, 0.29) is 43.6 Å². The molecule has 1 unspecified atom stereocenters. The number of carboxylic acids is 1. The quantitative estimate of drug-likeness (QED) is 0.281. The van der Waals surface area contributed by atoms with Crippen molar-refractivity contribution in [3.8, 4) is 5.75 Å². The summed E-state index contributed by atoms with van der Waals surface area (Å²) in [7, 11) is -4.46. The number of nitrogens with zero attached hydrogens (tertiary/aromatic N) is 1. The molecule has 4 aromatic rings. The molecule has 2 N–H and O–H groups in total. The van der Waals surface area contributed by atoms with Crippen molar-refractivity contribution in [2.24, 2.45) is 0 Å². The van der Waals surface area contributed by atoms with Crippen LogP contribution in [0.4, 0.5) is 13.2 Å². The Morgan fingerprint density at radius 2 is 1.74 bits per heavy atom. The van der Waals surface area contributed by atoms with Crippen LogP contribution in [0.15, 0.2) is 71.6 Å². The second-order valence-corrected chi connectivity index (χ2v) is 11.0. The highest BCUT2D eigenvalue weighted by atomic mass is 35.5. The van der Waals surface area contributed by atoms with Gasteiger partial charge < -0.3 is 14.9 Å². The number of fused-ring (bicyclic) bond motifs is 1. The van der Waals surface area contributed by atoms with Crippen molar-refractivity contribution < 1.29 is 41.3 Å². The third-order valence-corrected chi connectivity index (χ3v) is 8.45. The van der Waals surface area contributed by atoms with Gasteiger partial charge in [-0.1, -0.05) is 35.9 Å². The molecule has 0 spiro atoms. The van der Waals surface area contributed by atoms with Gasteiger partial charge in [-0.15, -0.1) is 13.2 Å². The number of alkyl halides is 3. The average Bonchev–Trinajstić information content (AvgIpc) is 3.62. The second kappa shape index (κ2) is 9.33. The summed E-state index contributed by atoms with van der Waals surface area (Å²) in [6.45, 7) is 0. The molecule has 0 aliphatic heterocycles. The maximum Gasteiger partial charge on any atom is 0.573 e. The van der Waals surface area contributed by atoms with Gasteiger partial charge in [0.25, 0.3) is 10.0 Å². The van der Waals surface area contributed by atoms with Crippen LogP contribution in [0.1, 0.15) is 52.0 Å². The number of rotatable bonds is 7. The molecule has 1 aliphatic rings. The van der Waals surface area contributed by atoms with E-state index in [2.05, 4.69) is 4.74 Å². The molecule has 198 valence electrons. The minimum absolute atomic E-state index is 0.00431. The molecule has 1 atom stereocenters. The van der Waals surface area contributed by atoms with E-state index in [0.717, 1.165) is 28.9 Å². The zero-order valence-corrected chi connectivity index (χ0v) is 20.9. The van der Waals surface area contributed by atoms with E-state index in [1.165, 1.54) is 42.5 Å². The Hall–Kier alpha value is -3.54. The number of carboxylic acid groups (broad SMARTS) is 1. The zero-order chi connectivity index (χ0) is 27.4. The minimum Gasteiger partial charge on any atom is -0.478 e. The van der Waals surface area contributed by atoms with Crippen LogP contribution in [-0.2, 0) is 10.0 Å². The first-order valence-electron chi connectivity index (χ1n) is 11.3. The molecule has 1 aliphatic carbocycles. The molecule has 1 heterocycles. The zero-order valence-electron chi connectivity index (χ0n) is 19.3. The Balaban J connectivity index is 1.79. The molecule has 0 radical (unpaired) electrons. The van der Waals surface area contributed by atoms with Gasteiger partial charge in [0.1, 0.15) is 11.9 Å². The van der Waals surface area contributed by atoms with Crippen LogP contribution >= 0.6 is 11.6 Å². The summed E-state index contributed by atoms with van der Waals surface area (Å²) in [4.78, 5) is 11.6. The first kappa shape index (κ1) is 26.1. The monoisotopic (exact) mass is 565 g/mol. The number of aliphatic hydroxyl groups excluding tert-OH is 1. The van der Waals surface area contributed by atoms with Crippen molar-refractivity contribution in [3.63, 3.8) is 0 Å². The van der Waals surface area contributed by atoms with E-state index in [9.17, 15) is 36.6 Å². The second-order valence-electron chi connectivity index (χ2n) is 8.83. The minimum atomic E-state index is -5.02. The molecule has 3 aromatic carbocycles. The first-order chi connectivity index (χ1) is 17.9. The van der Waals surface area contributed by atoms with Gasteiger partial charge in [-0.2, -0.15) is 0 Å². The summed E-state index contributed by atoms with van der Waals surface area (Å²) in [5.74, 6) is -1.99. The molecule has 0 bridgehead atoms. The van der Waals surface area contributed by atoms with Crippen molar-refractivity contribution in [2.75, 3.05) is 0 Å². The lowest BCUT2D eigenvalue weighted by Crippen LogP contribution is -2.20. The van der Waals surface area contributed by atoms with Gasteiger partial charge in [-0.05, 0) is 60.7 Å². The maximum absolute atomic E-state index is 13.8. The molecule has 7 nitrogen and oxygen atoms in total. The topological polar surface area (TPSA) is 106 Å². The molecule has 1 saturated carbocycles. The molecule has 12 heteroatoms. The molecule has 0 saturated heterocycles. The molecule has 1 aromatic heterocycles. The van der Waals surface area contributed by atoms with Gasteiger partial charge >= 0.3 is 12.3 Å². The lowest BCUT2D eigenvalue weighted by molar-refractivity contribution is -0.274. The van der Waals surface area contributed by atoms with Crippen LogP contribution in [0.25, 0.3) is 10.9 Å². The number of benzene rings is 3. The Labute approximate surface area is 219 Å². The summed E-state index contributed by atoms with van der Waals surface area (Å²) in [6, 6.07) is 14.5. The number of carbonyl (C=O) groups is 1. The third kappa shape index (κ3) is 4.72. The highest BCUT2D eigenvalue weighted by molar-refractivity contribution is 7.90. The Bertz CT molecular complexity index is 1660. The number of ether oxygens (including phenoxy) is 1. The summed E-state index contributed by atoms with van der Waals surface area (Å²) < 4.78 is 71.1. The fourth-order valence-corrected chi connectivity index (χ4v) is 6.40. The standard InChI is InChI=1S/C26H19ClF3NO6S/c27-23-19(25(33)34)11-10-18(14-6-7-14)22(23)24(32)21-12-15-8-9-16(37-26(28,29)30)13-20(15)31(21)38(35,36)17-4-2-1-3-5-17/h1-5,8-14,24,32H,6-7H2,(H,33,34). The highest BCUT2D eigenvalue weighted by Gasteiger charge is 2.36. The van der Waals surface area contributed by atoms with E-state index in [1.807, 2.05) is 0 Å². The smallest absolute Gasteiger partial charge is 0.478 e. The van der Waals surface area contributed by atoms with E-state index in [1.54, 1.807) is 12.1 Å². The Morgan fingerprint density at radius 3 is 2.34 bits per heavy atom. The number of aromatic nitrogens is 1. The molecule has 1 fully saturated rings. The average molecular weight is 566 g/mol. The number of aromatic carboxylic acids is 1. The van der Waals surface area contributed by atoms with Gasteiger partial charge in [-0.25, -0.2) is 17.2 Å². The molecule has 5 rings (SSSR count). The molecule has 0 amide bonds. The van der Waals surface area contributed by atoms with Crippen LogP contribution < -0.4 is 4.74 Å². The number of hydrogen-bond donors (Lipinski definition) is 2. The van der Waals surface area contributed by atoms with Crippen molar-refractivity contribution in [2.45, 2.75) is 36.1 Å². The van der Waals surface area contributed by atoms with Gasteiger partial charge in [0.2, 0.25) is 0 Å². The number of hydrogen-bond acceptors (Lipinski definition) is 5. The van der Waals surface area contributed by atoms with E-state index in [4.69, 9.17) is 11.6 Å². The fraction of sp³-hybridized carbons (Fsp3) is 0.192. The van der Waals surface area contributed by atoms with Gasteiger partial charge in [-0.3, -0.25) is 0 Å². The number of halogens is 4. The molecular weight excluding hydrogens is 547 g/mol. The van der Waals surface area contributed by atoms with Gasteiger partial charge in [0.05, 0.1) is 26.7 Å². The van der Waals surface area contributed by atoms with Crippen LogP contribution in [0.3, 0.4) is 0 Å². The van der Waals surface area contributed by atoms with E-state index < -0.39 is 34.2 Å². The Morgan fingerprint density at radius 1 is 1.05 bits per heavy atom. The summed E-state index contributed by atoms with van der Waals surface area (Å²) in [6.07, 6.45) is -5.21. The largest absolute Gasteiger partial charge is 0.573 e. The first-order valence-corrected chi connectivity index (χ1v) is 13.2.